The summed E-state index contributed by atoms with van der Waals surface area (Å²) in [6.07, 6.45) is 0. The Kier molecular flexibility index (Phi) is 7.34. The fourth-order valence-corrected chi connectivity index (χ4v) is 5.44. The van der Waals surface area contributed by atoms with E-state index in [1.165, 1.54) is 23.1 Å². The Hall–Kier alpha value is -2.55. The first-order valence-electron chi connectivity index (χ1n) is 10.6. The lowest BCUT2D eigenvalue weighted by Crippen LogP contribution is -2.52. The molecule has 4 nitrogen and oxygen atoms in total. The van der Waals surface area contributed by atoms with E-state index in [0.717, 1.165) is 26.2 Å². The van der Waals surface area contributed by atoms with Gasteiger partial charge in [-0.05, 0) is 60.9 Å². The summed E-state index contributed by atoms with van der Waals surface area (Å²) in [6, 6.07) is 17.5. The van der Waals surface area contributed by atoms with Gasteiger partial charge in [-0.1, -0.05) is 24.3 Å². The van der Waals surface area contributed by atoms with Crippen molar-refractivity contribution in [3.05, 3.63) is 82.6 Å². The van der Waals surface area contributed by atoms with Crippen LogP contribution in [0.15, 0.2) is 66.0 Å². The van der Waals surface area contributed by atoms with Crippen molar-refractivity contribution in [2.75, 3.05) is 36.4 Å². The van der Waals surface area contributed by atoms with Crippen molar-refractivity contribution in [1.29, 1.82) is 0 Å². The number of piperazine rings is 1. The molecule has 3 aromatic rings. The molecule has 1 aliphatic rings. The molecule has 0 radical (unpaired) electrons. The van der Waals surface area contributed by atoms with E-state index in [1.54, 1.807) is 29.5 Å². The van der Waals surface area contributed by atoms with Crippen LogP contribution in [0.2, 0.25) is 0 Å². The zero-order chi connectivity index (χ0) is 22.5. The molecule has 0 saturated carbocycles. The molecule has 2 atom stereocenters. The molecular weight excluding hydrogens is 446 g/mol. The second kappa shape index (κ2) is 10.4. The molecule has 1 aliphatic heterocycles. The van der Waals surface area contributed by atoms with Crippen molar-refractivity contribution >= 4 is 40.0 Å². The summed E-state index contributed by atoms with van der Waals surface area (Å²) in [5.41, 5.74) is 1.27. The van der Waals surface area contributed by atoms with Crippen LogP contribution in [0.3, 0.4) is 0 Å². The minimum absolute atomic E-state index is 0.0159. The number of nitrogens with zero attached hydrogens (tertiary/aromatic N) is 2. The van der Waals surface area contributed by atoms with Crippen molar-refractivity contribution in [3.63, 3.8) is 0 Å². The van der Waals surface area contributed by atoms with E-state index in [-0.39, 0.29) is 23.7 Å². The van der Waals surface area contributed by atoms with Gasteiger partial charge in [0.05, 0.1) is 11.7 Å². The minimum Gasteiger partial charge on any atom is -0.367 e. The fourth-order valence-electron chi connectivity index (χ4n) is 4.17. The number of nitrogens with one attached hydrogen (secondary N) is 2. The quantitative estimate of drug-likeness (QED) is 0.478. The molecule has 8 heteroatoms. The van der Waals surface area contributed by atoms with E-state index in [9.17, 15) is 8.78 Å². The van der Waals surface area contributed by atoms with Gasteiger partial charge in [0.2, 0.25) is 0 Å². The largest absolute Gasteiger partial charge is 0.367 e. The number of benzene rings is 2. The van der Waals surface area contributed by atoms with Crippen LogP contribution in [0.25, 0.3) is 0 Å². The zero-order valence-electron chi connectivity index (χ0n) is 17.8. The van der Waals surface area contributed by atoms with E-state index >= 15 is 0 Å². The average molecular weight is 473 g/mol. The maximum absolute atomic E-state index is 14.2. The summed E-state index contributed by atoms with van der Waals surface area (Å²) < 4.78 is 27.7. The smallest absolute Gasteiger partial charge is 0.171 e. The maximum Gasteiger partial charge on any atom is 0.171 e. The van der Waals surface area contributed by atoms with Crippen LogP contribution < -0.4 is 15.5 Å². The molecule has 168 valence electrons. The van der Waals surface area contributed by atoms with Crippen LogP contribution >= 0.6 is 23.6 Å². The molecule has 0 aliphatic carbocycles. The summed E-state index contributed by atoms with van der Waals surface area (Å²) in [4.78, 5) is 5.77. The maximum atomic E-state index is 14.2. The zero-order valence-corrected chi connectivity index (χ0v) is 19.4. The van der Waals surface area contributed by atoms with Crippen molar-refractivity contribution in [3.8, 4) is 0 Å². The summed E-state index contributed by atoms with van der Waals surface area (Å²) in [5, 5.41) is 8.97. The Morgan fingerprint density at radius 2 is 1.78 bits per heavy atom. The minimum atomic E-state index is -0.310. The molecule has 1 saturated heterocycles. The number of para-hydroxylation sites is 1. The average Bonchev–Trinajstić information content (AvgIpc) is 3.29. The number of rotatable bonds is 6. The van der Waals surface area contributed by atoms with Gasteiger partial charge >= 0.3 is 0 Å². The molecule has 4 rings (SSSR count). The molecule has 0 unspecified atom stereocenters. The molecule has 2 heterocycles. The molecule has 0 spiro atoms. The lowest BCUT2D eigenvalue weighted by molar-refractivity contribution is 0.163. The first kappa shape index (κ1) is 22.6. The summed E-state index contributed by atoms with van der Waals surface area (Å²) >= 11 is 7.21. The van der Waals surface area contributed by atoms with Gasteiger partial charge in [0, 0.05) is 42.8 Å². The third kappa shape index (κ3) is 5.43. The SMILES string of the molecule is C[C@H](NC(=S)Nc1cccc(F)c1)[C@H](c1cccs1)N1CCN(c2ccccc2F)CC1. The highest BCUT2D eigenvalue weighted by molar-refractivity contribution is 7.80. The molecule has 2 aromatic carbocycles. The molecule has 0 amide bonds. The van der Waals surface area contributed by atoms with Crippen molar-refractivity contribution in [2.24, 2.45) is 0 Å². The third-order valence-corrected chi connectivity index (χ3v) is 6.81. The molecule has 0 bridgehead atoms. The van der Waals surface area contributed by atoms with Crippen LogP contribution in [-0.2, 0) is 0 Å². The molecular formula is C24H26F2N4S2. The monoisotopic (exact) mass is 472 g/mol. The van der Waals surface area contributed by atoms with E-state index in [0.29, 0.717) is 16.5 Å². The van der Waals surface area contributed by atoms with Gasteiger partial charge in [-0.15, -0.1) is 11.3 Å². The molecule has 1 fully saturated rings. The Bertz CT molecular complexity index is 1040. The van der Waals surface area contributed by atoms with Crippen molar-refractivity contribution in [1.82, 2.24) is 10.2 Å². The number of thiophene rings is 1. The number of hydrogen-bond donors (Lipinski definition) is 2. The van der Waals surface area contributed by atoms with Gasteiger partial charge in [-0.2, -0.15) is 0 Å². The predicted molar refractivity (Wildman–Crippen MR) is 132 cm³/mol. The number of halogens is 2. The van der Waals surface area contributed by atoms with Crippen LogP contribution in [0.1, 0.15) is 17.8 Å². The highest BCUT2D eigenvalue weighted by Gasteiger charge is 2.31. The normalized spacial score (nSPS) is 16.4. The number of anilines is 2. The van der Waals surface area contributed by atoms with Crippen LogP contribution in [0.4, 0.5) is 20.2 Å². The van der Waals surface area contributed by atoms with E-state index < -0.39 is 0 Å². The van der Waals surface area contributed by atoms with E-state index in [4.69, 9.17) is 12.2 Å². The predicted octanol–water partition coefficient (Wildman–Crippen LogP) is 5.26. The second-order valence-electron chi connectivity index (χ2n) is 7.83. The highest BCUT2D eigenvalue weighted by atomic mass is 32.1. The van der Waals surface area contributed by atoms with Gasteiger partial charge in [0.1, 0.15) is 11.6 Å². The van der Waals surface area contributed by atoms with Crippen molar-refractivity contribution in [2.45, 2.75) is 19.0 Å². The summed E-state index contributed by atoms with van der Waals surface area (Å²) in [6.45, 7) is 5.23. The topological polar surface area (TPSA) is 30.5 Å². The Balaban J connectivity index is 1.43. The second-order valence-corrected chi connectivity index (χ2v) is 9.22. The number of thiocarbonyl (C=S) groups is 1. The molecule has 1 aromatic heterocycles. The lowest BCUT2D eigenvalue weighted by atomic mass is 10.0. The van der Waals surface area contributed by atoms with Crippen LogP contribution in [0.5, 0.6) is 0 Å². The molecule has 2 N–H and O–H groups in total. The van der Waals surface area contributed by atoms with Gasteiger partial charge in [0.25, 0.3) is 0 Å². The first-order valence-corrected chi connectivity index (χ1v) is 11.9. The molecule has 32 heavy (non-hydrogen) atoms. The van der Waals surface area contributed by atoms with E-state index in [1.807, 2.05) is 12.1 Å². The first-order chi connectivity index (χ1) is 15.5. The van der Waals surface area contributed by atoms with Crippen LogP contribution in [0, 0.1) is 11.6 Å². The van der Waals surface area contributed by atoms with E-state index in [2.05, 4.69) is 44.9 Å². The van der Waals surface area contributed by atoms with Gasteiger partial charge in [-0.3, -0.25) is 4.90 Å². The van der Waals surface area contributed by atoms with Gasteiger partial charge < -0.3 is 15.5 Å². The third-order valence-electron chi connectivity index (χ3n) is 5.65. The Morgan fingerprint density at radius 1 is 1.00 bits per heavy atom. The summed E-state index contributed by atoms with van der Waals surface area (Å²) in [5.74, 6) is -0.491. The standard InChI is InChI=1S/C24H26F2N4S2/c1-17(27-24(31)28-19-7-4-6-18(25)16-19)23(22-10-5-15-32-22)30-13-11-29(12-14-30)21-9-3-2-8-20(21)26/h2-10,15-17,23H,11-14H2,1H3,(H2,27,28,31)/t17-,23+/m0/s1. The highest BCUT2D eigenvalue weighted by Crippen LogP contribution is 2.30. The van der Waals surface area contributed by atoms with Gasteiger partial charge in [0.15, 0.2) is 5.11 Å². The Labute approximate surface area is 196 Å². The van der Waals surface area contributed by atoms with Crippen LogP contribution in [-0.4, -0.2) is 42.2 Å². The van der Waals surface area contributed by atoms with Crippen molar-refractivity contribution < 1.29 is 8.78 Å². The Morgan fingerprint density at radius 3 is 2.47 bits per heavy atom. The lowest BCUT2D eigenvalue weighted by Gasteiger charge is -2.42. The fraction of sp³-hybridized carbons (Fsp3) is 0.292. The summed E-state index contributed by atoms with van der Waals surface area (Å²) in [7, 11) is 0. The number of hydrogen-bond acceptors (Lipinski definition) is 4. The van der Waals surface area contributed by atoms with Gasteiger partial charge in [-0.25, -0.2) is 8.78 Å².